The van der Waals surface area contributed by atoms with Crippen LogP contribution >= 0.6 is 0 Å². The van der Waals surface area contributed by atoms with Gasteiger partial charge in [-0.05, 0) is 59.7 Å². The molecule has 3 rings (SSSR count). The lowest BCUT2D eigenvalue weighted by Gasteiger charge is -1.96. The van der Waals surface area contributed by atoms with Crippen molar-refractivity contribution in [2.45, 2.75) is 13.1 Å². The van der Waals surface area contributed by atoms with Gasteiger partial charge >= 0.3 is 28.2 Å². The first-order chi connectivity index (χ1) is 17.2. The summed E-state index contributed by atoms with van der Waals surface area (Å²) in [5.41, 5.74) is 19.3. The van der Waals surface area contributed by atoms with Crippen molar-refractivity contribution in [3.8, 4) is 0 Å². The highest BCUT2D eigenvalue weighted by Crippen LogP contribution is 2.05. The second-order valence-corrected chi connectivity index (χ2v) is 7.88. The fraction of sp³-hybridized carbons (Fsp3) is 0.0870. The minimum Gasteiger partial charge on any atom is -0.478 e. The van der Waals surface area contributed by atoms with E-state index >= 15 is 0 Å². The summed E-state index contributed by atoms with van der Waals surface area (Å²) in [6.07, 6.45) is 0. The molecule has 13 nitrogen and oxygen atoms in total. The first-order valence-electron chi connectivity index (χ1n) is 10.1. The average Bonchev–Trinajstić information content (AvgIpc) is 2.84. The number of nitrogen functional groups attached to an aromatic ring is 1. The van der Waals surface area contributed by atoms with Gasteiger partial charge in [0.1, 0.15) is 0 Å². The van der Waals surface area contributed by atoms with E-state index in [4.69, 9.17) is 45.5 Å². The second kappa shape index (κ2) is 16.4. The molecule has 200 valence electrons. The van der Waals surface area contributed by atoms with Gasteiger partial charge in [-0.3, -0.25) is 4.55 Å². The van der Waals surface area contributed by atoms with Crippen LogP contribution in [0.2, 0.25) is 0 Å². The Balaban J connectivity index is 0.000000483. The molecule has 0 bridgehead atoms. The van der Waals surface area contributed by atoms with Crippen LogP contribution in [-0.2, 0) is 23.4 Å². The Morgan fingerprint density at radius 1 is 0.595 bits per heavy atom. The minimum atomic E-state index is -4.17. The molecule has 0 aliphatic carbocycles. The van der Waals surface area contributed by atoms with Gasteiger partial charge in [-0.2, -0.15) is 8.42 Å². The van der Waals surface area contributed by atoms with Gasteiger partial charge in [0.2, 0.25) is 0 Å². The number of carbonyl (C=O) groups is 3. The quantitative estimate of drug-likeness (QED) is 0.170. The topological polar surface area (TPSA) is 270 Å². The molecule has 0 spiro atoms. The predicted molar refractivity (Wildman–Crippen MR) is 136 cm³/mol. The molecule has 0 amide bonds. The van der Waals surface area contributed by atoms with Gasteiger partial charge < -0.3 is 32.5 Å². The number of nitrogens with two attached hydrogens (primary N) is 4. The van der Waals surface area contributed by atoms with E-state index in [9.17, 15) is 14.4 Å². The van der Waals surface area contributed by atoms with Crippen LogP contribution in [-0.4, -0.2) is 46.2 Å². The molecular weight excluding hydrogens is 508 g/mol. The van der Waals surface area contributed by atoms with Crippen LogP contribution in [0, 0.1) is 0 Å². The van der Waals surface area contributed by atoms with E-state index in [0.717, 1.165) is 11.1 Å². The number of aromatic carboxylic acids is 3. The maximum absolute atomic E-state index is 10.4. The highest BCUT2D eigenvalue weighted by Gasteiger charge is 2.01. The number of rotatable bonds is 5. The first kappa shape index (κ1) is 32.7. The van der Waals surface area contributed by atoms with Gasteiger partial charge in [0.25, 0.3) is 0 Å². The van der Waals surface area contributed by atoms with Gasteiger partial charge in [0, 0.05) is 18.8 Å². The Labute approximate surface area is 212 Å². The summed E-state index contributed by atoms with van der Waals surface area (Å²) in [7, 11) is -4.17. The van der Waals surface area contributed by atoms with Gasteiger partial charge in [0.15, 0.2) is 0 Å². The maximum Gasteiger partial charge on any atom is 0.335 e. The van der Waals surface area contributed by atoms with Crippen LogP contribution in [0.5, 0.6) is 0 Å². The third kappa shape index (κ3) is 16.0. The molecule has 0 fully saturated rings. The fourth-order valence-corrected chi connectivity index (χ4v) is 2.19. The first-order valence-corrected chi connectivity index (χ1v) is 11.6. The van der Waals surface area contributed by atoms with Crippen LogP contribution in [0.25, 0.3) is 0 Å². The molecule has 14 heteroatoms. The zero-order valence-corrected chi connectivity index (χ0v) is 20.2. The van der Waals surface area contributed by atoms with Crippen LogP contribution < -0.4 is 22.3 Å². The van der Waals surface area contributed by atoms with Crippen LogP contribution in [0.3, 0.4) is 0 Å². The van der Waals surface area contributed by atoms with Gasteiger partial charge in [-0.25, -0.2) is 19.5 Å². The largest absolute Gasteiger partial charge is 0.478 e. The summed E-state index contributed by atoms with van der Waals surface area (Å²) in [6, 6.07) is 19.1. The molecule has 0 unspecified atom stereocenters. The van der Waals surface area contributed by atoms with Crippen molar-refractivity contribution < 1.29 is 42.7 Å². The summed E-state index contributed by atoms with van der Waals surface area (Å²) in [4.78, 5) is 31.0. The summed E-state index contributed by atoms with van der Waals surface area (Å²) < 4.78 is 25.2. The summed E-state index contributed by atoms with van der Waals surface area (Å²) in [5.74, 6) is -2.75. The third-order valence-corrected chi connectivity index (χ3v) is 4.03. The summed E-state index contributed by atoms with van der Waals surface area (Å²) in [5, 5.41) is 29.4. The third-order valence-electron chi connectivity index (χ3n) is 4.03. The molecule has 0 atom stereocenters. The van der Waals surface area contributed by atoms with E-state index in [0.29, 0.717) is 29.9 Å². The molecule has 0 aliphatic heterocycles. The van der Waals surface area contributed by atoms with E-state index < -0.39 is 28.2 Å². The van der Waals surface area contributed by atoms with Crippen molar-refractivity contribution in [3.63, 3.8) is 0 Å². The number of hydrogen-bond acceptors (Lipinski definition) is 8. The summed E-state index contributed by atoms with van der Waals surface area (Å²) >= 11 is 0. The molecule has 0 saturated carbocycles. The molecule has 0 heterocycles. The van der Waals surface area contributed by atoms with Gasteiger partial charge in [-0.15, -0.1) is 0 Å². The Morgan fingerprint density at radius 2 is 0.811 bits per heavy atom. The normalized spacial score (nSPS) is 9.73. The van der Waals surface area contributed by atoms with Crippen molar-refractivity contribution in [2.75, 3.05) is 5.73 Å². The van der Waals surface area contributed by atoms with E-state index in [1.165, 1.54) is 12.1 Å². The zero-order chi connectivity index (χ0) is 28.6. The summed E-state index contributed by atoms with van der Waals surface area (Å²) in [6.45, 7) is 0.889. The Hall–Kier alpha value is -4.34. The molecule has 0 aliphatic rings. The number of anilines is 1. The van der Waals surface area contributed by atoms with Crippen molar-refractivity contribution in [3.05, 3.63) is 101 Å². The van der Waals surface area contributed by atoms with Crippen LogP contribution in [0.15, 0.2) is 72.8 Å². The molecule has 0 aromatic heterocycles. The SMILES string of the molecule is NCc1ccc(C(=O)O)cc1.NCc1ccc(C(=O)O)cc1.NS(=O)(=O)O.Nc1ccc(C(=O)O)cc1. The maximum atomic E-state index is 10.4. The van der Waals surface area contributed by atoms with E-state index in [-0.39, 0.29) is 5.56 Å². The Kier molecular flexibility index (Phi) is 14.4. The highest BCUT2D eigenvalue weighted by atomic mass is 32.2. The van der Waals surface area contributed by atoms with Crippen LogP contribution in [0.4, 0.5) is 5.69 Å². The number of hydrogen-bond donors (Lipinski definition) is 8. The smallest absolute Gasteiger partial charge is 0.335 e. The minimum absolute atomic E-state index is 0.259. The monoisotopic (exact) mass is 536 g/mol. The number of carboxylic acids is 3. The Bertz CT molecular complexity index is 1180. The van der Waals surface area contributed by atoms with Gasteiger partial charge in [0.05, 0.1) is 16.7 Å². The molecule has 3 aromatic rings. The second-order valence-electron chi connectivity index (χ2n) is 6.85. The Morgan fingerprint density at radius 3 is 1.00 bits per heavy atom. The standard InChI is InChI=1S/2C8H9NO2.C7H7NO2.H3NO3S/c2*9-5-6-1-3-7(4-2-6)8(10)11;8-6-3-1-5(2-4-6)7(9)10;1-5(2,3)4/h2*1-4H,5,9H2,(H,10,11);1-4H,8H2,(H,9,10);(H3,1,2,3,4). The fourth-order valence-electron chi connectivity index (χ4n) is 2.19. The lowest BCUT2D eigenvalue weighted by Crippen LogP contribution is -2.08. The van der Waals surface area contributed by atoms with Crippen molar-refractivity contribution in [1.82, 2.24) is 0 Å². The lowest BCUT2D eigenvalue weighted by molar-refractivity contribution is 0.0686. The molecule has 3 aromatic carbocycles. The highest BCUT2D eigenvalue weighted by molar-refractivity contribution is 7.83. The van der Waals surface area contributed by atoms with E-state index in [1.54, 1.807) is 60.7 Å². The number of carboxylic acid groups (broad SMARTS) is 3. The zero-order valence-electron chi connectivity index (χ0n) is 19.4. The van der Waals surface area contributed by atoms with Gasteiger partial charge in [-0.1, -0.05) is 24.3 Å². The number of benzene rings is 3. The van der Waals surface area contributed by atoms with E-state index in [1.807, 2.05) is 0 Å². The van der Waals surface area contributed by atoms with Crippen LogP contribution in [0.1, 0.15) is 42.2 Å². The molecular formula is C23H28N4O9S. The van der Waals surface area contributed by atoms with Crippen molar-refractivity contribution in [2.24, 2.45) is 16.6 Å². The van der Waals surface area contributed by atoms with E-state index in [2.05, 4.69) is 5.14 Å². The lowest BCUT2D eigenvalue weighted by atomic mass is 10.1. The molecule has 12 N–H and O–H groups in total. The molecule has 0 radical (unpaired) electrons. The molecule has 0 saturated heterocycles. The average molecular weight is 537 g/mol. The van der Waals surface area contributed by atoms with Crippen molar-refractivity contribution in [1.29, 1.82) is 0 Å². The molecule has 37 heavy (non-hydrogen) atoms. The predicted octanol–water partition coefficient (Wildman–Crippen LogP) is 1.40. The van der Waals surface area contributed by atoms with Crippen molar-refractivity contribution >= 4 is 33.9 Å².